The van der Waals surface area contributed by atoms with E-state index in [0.717, 1.165) is 19.5 Å². The van der Waals surface area contributed by atoms with Crippen LogP contribution in [-0.4, -0.2) is 23.9 Å². The highest BCUT2D eigenvalue weighted by molar-refractivity contribution is 5.78. The Hall–Kier alpha value is -0.530. The van der Waals surface area contributed by atoms with Gasteiger partial charge in [0.2, 0.25) is 5.91 Å². The quantitative estimate of drug-likeness (QED) is 0.656. The summed E-state index contributed by atoms with van der Waals surface area (Å²) < 4.78 is 0. The van der Waals surface area contributed by atoms with E-state index in [2.05, 4.69) is 27.7 Å². The number of amides is 1. The topological polar surface area (TPSA) is 20.3 Å². The van der Waals surface area contributed by atoms with Crippen molar-refractivity contribution in [1.82, 2.24) is 4.90 Å². The fourth-order valence-electron chi connectivity index (χ4n) is 1.87. The van der Waals surface area contributed by atoms with Crippen molar-refractivity contribution < 1.29 is 4.79 Å². The van der Waals surface area contributed by atoms with Gasteiger partial charge in [-0.15, -0.1) is 0 Å². The van der Waals surface area contributed by atoms with Gasteiger partial charge in [-0.1, -0.05) is 27.7 Å². The molecule has 1 heterocycles. The first-order valence-corrected chi connectivity index (χ1v) is 5.28. The molecule has 1 aliphatic rings. The fourth-order valence-corrected chi connectivity index (χ4v) is 1.87. The van der Waals surface area contributed by atoms with E-state index < -0.39 is 0 Å². The van der Waals surface area contributed by atoms with Gasteiger partial charge in [0.25, 0.3) is 0 Å². The summed E-state index contributed by atoms with van der Waals surface area (Å²) in [4.78, 5) is 13.6. The lowest BCUT2D eigenvalue weighted by Gasteiger charge is -2.19. The number of nitrogens with zero attached hydrogens (tertiary/aromatic N) is 1. The number of carbonyl (C=O) groups excluding carboxylic acids is 1. The lowest BCUT2D eigenvalue weighted by atomic mass is 9.95. The molecule has 76 valence electrons. The number of hydrogen-bond donors (Lipinski definition) is 0. The van der Waals surface area contributed by atoms with Crippen LogP contribution in [-0.2, 0) is 4.79 Å². The third-order valence-corrected chi connectivity index (χ3v) is 2.77. The van der Waals surface area contributed by atoms with Gasteiger partial charge >= 0.3 is 0 Å². The SMILES string of the molecule is CC(C)CN1CC(C(C)C)CC1=O. The van der Waals surface area contributed by atoms with Crippen molar-refractivity contribution in [2.24, 2.45) is 17.8 Å². The highest BCUT2D eigenvalue weighted by Crippen LogP contribution is 2.25. The molecule has 1 rings (SSSR count). The first-order chi connectivity index (χ1) is 6.00. The van der Waals surface area contributed by atoms with E-state index in [1.807, 2.05) is 4.90 Å². The smallest absolute Gasteiger partial charge is 0.222 e. The molecular formula is C11H21NO. The Morgan fingerprint density at radius 1 is 1.38 bits per heavy atom. The fraction of sp³-hybridized carbons (Fsp3) is 0.909. The molecule has 0 aromatic heterocycles. The standard InChI is InChI=1S/C11H21NO/c1-8(2)6-12-7-10(9(3)4)5-11(12)13/h8-10H,5-7H2,1-4H3. The van der Waals surface area contributed by atoms with Gasteiger partial charge in [0.1, 0.15) is 0 Å². The minimum atomic E-state index is 0.354. The predicted octanol–water partition coefficient (Wildman–Crippen LogP) is 2.15. The molecule has 0 saturated carbocycles. The maximum atomic E-state index is 11.6. The molecule has 1 fully saturated rings. The molecule has 0 N–H and O–H groups in total. The van der Waals surface area contributed by atoms with Gasteiger partial charge in [0.15, 0.2) is 0 Å². The second-order valence-corrected chi connectivity index (χ2v) is 4.90. The summed E-state index contributed by atoms with van der Waals surface area (Å²) in [6.07, 6.45) is 0.768. The number of hydrogen-bond acceptors (Lipinski definition) is 1. The molecule has 13 heavy (non-hydrogen) atoms. The predicted molar refractivity (Wildman–Crippen MR) is 54.4 cm³/mol. The van der Waals surface area contributed by atoms with Crippen LogP contribution in [0.5, 0.6) is 0 Å². The minimum Gasteiger partial charge on any atom is -0.342 e. The summed E-state index contributed by atoms with van der Waals surface area (Å²) in [5.74, 6) is 2.18. The molecule has 0 aromatic rings. The van der Waals surface area contributed by atoms with Gasteiger partial charge in [0, 0.05) is 19.5 Å². The zero-order valence-electron chi connectivity index (χ0n) is 9.21. The van der Waals surface area contributed by atoms with E-state index >= 15 is 0 Å². The normalized spacial score (nSPS) is 23.7. The molecule has 0 radical (unpaired) electrons. The van der Waals surface area contributed by atoms with Crippen LogP contribution in [0.2, 0.25) is 0 Å². The largest absolute Gasteiger partial charge is 0.342 e. The van der Waals surface area contributed by atoms with Crippen molar-refractivity contribution in [3.8, 4) is 0 Å². The van der Waals surface area contributed by atoms with Gasteiger partial charge in [-0.05, 0) is 17.8 Å². The van der Waals surface area contributed by atoms with Crippen molar-refractivity contribution in [3.63, 3.8) is 0 Å². The molecule has 1 unspecified atom stereocenters. The molecule has 0 aromatic carbocycles. The van der Waals surface area contributed by atoms with Crippen LogP contribution in [0.4, 0.5) is 0 Å². The highest BCUT2D eigenvalue weighted by Gasteiger charge is 2.31. The van der Waals surface area contributed by atoms with E-state index in [0.29, 0.717) is 23.7 Å². The molecule has 2 heteroatoms. The van der Waals surface area contributed by atoms with Crippen LogP contribution < -0.4 is 0 Å². The number of carbonyl (C=O) groups is 1. The van der Waals surface area contributed by atoms with Gasteiger partial charge in [-0.25, -0.2) is 0 Å². The first kappa shape index (κ1) is 10.6. The maximum absolute atomic E-state index is 11.6. The molecule has 0 aliphatic carbocycles. The third kappa shape index (κ3) is 2.71. The Kier molecular flexibility index (Phi) is 3.34. The first-order valence-electron chi connectivity index (χ1n) is 5.28. The monoisotopic (exact) mass is 183 g/mol. The van der Waals surface area contributed by atoms with Crippen molar-refractivity contribution >= 4 is 5.91 Å². The molecule has 1 atom stereocenters. The van der Waals surface area contributed by atoms with Crippen LogP contribution in [0.15, 0.2) is 0 Å². The highest BCUT2D eigenvalue weighted by atomic mass is 16.2. The molecule has 2 nitrogen and oxygen atoms in total. The van der Waals surface area contributed by atoms with E-state index in [9.17, 15) is 4.79 Å². The molecule has 1 aliphatic heterocycles. The van der Waals surface area contributed by atoms with Gasteiger partial charge in [0.05, 0.1) is 0 Å². The molecule has 1 amide bonds. The van der Waals surface area contributed by atoms with Crippen LogP contribution in [0.25, 0.3) is 0 Å². The Morgan fingerprint density at radius 3 is 2.38 bits per heavy atom. The second-order valence-electron chi connectivity index (χ2n) is 4.90. The summed E-state index contributed by atoms with van der Waals surface area (Å²) in [6.45, 7) is 10.6. The van der Waals surface area contributed by atoms with Crippen molar-refractivity contribution in [2.45, 2.75) is 34.1 Å². The second kappa shape index (κ2) is 4.12. The van der Waals surface area contributed by atoms with Crippen molar-refractivity contribution in [3.05, 3.63) is 0 Å². The zero-order chi connectivity index (χ0) is 10.0. The van der Waals surface area contributed by atoms with Crippen molar-refractivity contribution in [2.75, 3.05) is 13.1 Å². The Bertz CT molecular complexity index is 187. The van der Waals surface area contributed by atoms with Gasteiger partial charge in [-0.3, -0.25) is 4.79 Å². The van der Waals surface area contributed by atoms with E-state index in [1.165, 1.54) is 0 Å². The van der Waals surface area contributed by atoms with E-state index in [1.54, 1.807) is 0 Å². The summed E-state index contributed by atoms with van der Waals surface area (Å²) in [6, 6.07) is 0. The molecular weight excluding hydrogens is 162 g/mol. The lowest BCUT2D eigenvalue weighted by Crippen LogP contribution is -2.29. The average molecular weight is 183 g/mol. The van der Waals surface area contributed by atoms with Crippen LogP contribution in [0.3, 0.4) is 0 Å². The Balaban J connectivity index is 2.47. The summed E-state index contributed by atoms with van der Waals surface area (Å²) in [5.41, 5.74) is 0. The third-order valence-electron chi connectivity index (χ3n) is 2.77. The van der Waals surface area contributed by atoms with Crippen LogP contribution in [0.1, 0.15) is 34.1 Å². The van der Waals surface area contributed by atoms with Gasteiger partial charge < -0.3 is 4.90 Å². The van der Waals surface area contributed by atoms with E-state index in [-0.39, 0.29) is 0 Å². The number of likely N-dealkylation sites (tertiary alicyclic amines) is 1. The van der Waals surface area contributed by atoms with E-state index in [4.69, 9.17) is 0 Å². The molecule has 1 saturated heterocycles. The van der Waals surface area contributed by atoms with Crippen molar-refractivity contribution in [1.29, 1.82) is 0 Å². The summed E-state index contributed by atoms with van der Waals surface area (Å²) in [5, 5.41) is 0. The summed E-state index contributed by atoms with van der Waals surface area (Å²) >= 11 is 0. The molecule has 0 spiro atoms. The van der Waals surface area contributed by atoms with Crippen LogP contribution >= 0.6 is 0 Å². The molecule has 0 bridgehead atoms. The lowest BCUT2D eigenvalue weighted by molar-refractivity contribution is -0.128. The Labute approximate surface area is 81.3 Å². The Morgan fingerprint density at radius 2 is 2.00 bits per heavy atom. The summed E-state index contributed by atoms with van der Waals surface area (Å²) in [7, 11) is 0. The van der Waals surface area contributed by atoms with Crippen LogP contribution in [0, 0.1) is 17.8 Å². The maximum Gasteiger partial charge on any atom is 0.222 e. The minimum absolute atomic E-state index is 0.354. The average Bonchev–Trinajstić information content (AvgIpc) is 2.31. The number of rotatable bonds is 3. The zero-order valence-corrected chi connectivity index (χ0v) is 9.21. The van der Waals surface area contributed by atoms with Gasteiger partial charge in [-0.2, -0.15) is 0 Å².